The van der Waals surface area contributed by atoms with E-state index in [9.17, 15) is 9.59 Å². The lowest BCUT2D eigenvalue weighted by molar-refractivity contribution is -0.141. The van der Waals surface area contributed by atoms with Gasteiger partial charge in [-0.05, 0) is 49.9 Å². The zero-order valence-corrected chi connectivity index (χ0v) is 19.6. The number of rotatable bonds is 9. The van der Waals surface area contributed by atoms with Gasteiger partial charge < -0.3 is 10.2 Å². The van der Waals surface area contributed by atoms with Gasteiger partial charge in [0.15, 0.2) is 0 Å². The molecule has 4 nitrogen and oxygen atoms in total. The van der Waals surface area contributed by atoms with Crippen molar-refractivity contribution < 1.29 is 9.59 Å². The van der Waals surface area contributed by atoms with Crippen LogP contribution in [0.5, 0.6) is 0 Å². The van der Waals surface area contributed by atoms with E-state index in [2.05, 4.69) is 5.32 Å². The molecule has 0 aliphatic rings. The summed E-state index contributed by atoms with van der Waals surface area (Å²) in [6, 6.07) is 12.6. The predicted octanol–water partition coefficient (Wildman–Crippen LogP) is 5.57. The minimum atomic E-state index is -0.576. The van der Waals surface area contributed by atoms with E-state index < -0.39 is 6.04 Å². The van der Waals surface area contributed by atoms with E-state index in [0.29, 0.717) is 28.6 Å². The molecule has 1 N–H and O–H groups in total. The maximum atomic E-state index is 13.4. The first-order valence-corrected chi connectivity index (χ1v) is 11.1. The molecule has 2 aromatic carbocycles. The van der Waals surface area contributed by atoms with Crippen LogP contribution < -0.4 is 5.32 Å². The van der Waals surface area contributed by atoms with Crippen LogP contribution in [0.4, 0.5) is 0 Å². The van der Waals surface area contributed by atoms with Crippen molar-refractivity contribution in [1.29, 1.82) is 0 Å². The highest BCUT2D eigenvalue weighted by atomic mass is 35.5. The Morgan fingerprint density at radius 2 is 1.67 bits per heavy atom. The van der Waals surface area contributed by atoms with Crippen LogP contribution in [0.1, 0.15) is 50.3 Å². The highest BCUT2D eigenvalue weighted by molar-refractivity contribution is 6.36. The number of nitrogens with one attached hydrogen (secondary N) is 1. The number of carbonyl (C=O) groups excluding carboxylic acids is 2. The minimum absolute atomic E-state index is 0.0391. The molecule has 6 heteroatoms. The molecular formula is C24H30Cl2N2O2. The van der Waals surface area contributed by atoms with Crippen molar-refractivity contribution in [2.75, 3.05) is 0 Å². The average Bonchev–Trinajstić information content (AvgIpc) is 2.70. The number of benzene rings is 2. The van der Waals surface area contributed by atoms with Gasteiger partial charge in [-0.3, -0.25) is 9.59 Å². The highest BCUT2D eigenvalue weighted by Crippen LogP contribution is 2.26. The van der Waals surface area contributed by atoms with Gasteiger partial charge in [0.2, 0.25) is 11.8 Å². The van der Waals surface area contributed by atoms with Crippen molar-refractivity contribution in [3.05, 3.63) is 69.2 Å². The van der Waals surface area contributed by atoms with E-state index in [-0.39, 0.29) is 24.3 Å². The van der Waals surface area contributed by atoms with Gasteiger partial charge in [0.05, 0.1) is 6.42 Å². The Hall–Kier alpha value is -2.04. The second-order valence-corrected chi connectivity index (χ2v) is 8.44. The molecule has 0 aliphatic carbocycles. The van der Waals surface area contributed by atoms with Crippen LogP contribution >= 0.6 is 23.2 Å². The molecular weight excluding hydrogens is 419 g/mol. The van der Waals surface area contributed by atoms with Crippen LogP contribution in [0.15, 0.2) is 42.5 Å². The smallest absolute Gasteiger partial charge is 0.243 e. The Morgan fingerprint density at radius 1 is 1.03 bits per heavy atom. The Kier molecular flexibility index (Phi) is 9.19. The van der Waals surface area contributed by atoms with Crippen LogP contribution in [-0.2, 0) is 22.6 Å². The summed E-state index contributed by atoms with van der Waals surface area (Å²) in [5, 5.41) is 3.91. The first-order valence-electron chi connectivity index (χ1n) is 10.3. The van der Waals surface area contributed by atoms with Crippen molar-refractivity contribution in [3.8, 4) is 0 Å². The second-order valence-electron chi connectivity index (χ2n) is 7.63. The molecule has 2 aromatic rings. The standard InChI is InChI=1S/C24H30Cl2N2O2/c1-5-17(4)27-24(30)22(6-2)28(15-18-10-7-9-16(3)13-18)23(29)14-19-20(25)11-8-12-21(19)26/h7-13,17,22H,5-6,14-15H2,1-4H3,(H,27,30)/t17-,22+/m0/s1. The van der Waals surface area contributed by atoms with Gasteiger partial charge in [-0.25, -0.2) is 0 Å². The SMILES string of the molecule is CC[C@H](C(=O)N[C@@H](C)CC)N(Cc1cccc(C)c1)C(=O)Cc1c(Cl)cccc1Cl. The van der Waals surface area contributed by atoms with E-state index in [1.54, 1.807) is 23.1 Å². The van der Waals surface area contributed by atoms with Crippen molar-refractivity contribution in [2.24, 2.45) is 0 Å². The molecule has 0 fully saturated rings. The van der Waals surface area contributed by atoms with Crippen molar-refractivity contribution in [1.82, 2.24) is 10.2 Å². The number of aryl methyl sites for hydroxylation is 1. The summed E-state index contributed by atoms with van der Waals surface area (Å²) < 4.78 is 0. The van der Waals surface area contributed by atoms with E-state index in [4.69, 9.17) is 23.2 Å². The molecule has 2 amide bonds. The molecule has 0 saturated heterocycles. The minimum Gasteiger partial charge on any atom is -0.352 e. The van der Waals surface area contributed by atoms with E-state index in [1.807, 2.05) is 52.0 Å². The molecule has 0 aromatic heterocycles. The van der Waals surface area contributed by atoms with Gasteiger partial charge in [-0.2, -0.15) is 0 Å². The van der Waals surface area contributed by atoms with Gasteiger partial charge in [0.1, 0.15) is 6.04 Å². The van der Waals surface area contributed by atoms with Crippen molar-refractivity contribution >= 4 is 35.0 Å². The maximum Gasteiger partial charge on any atom is 0.243 e. The molecule has 0 unspecified atom stereocenters. The normalized spacial score (nSPS) is 12.9. The summed E-state index contributed by atoms with van der Waals surface area (Å²) in [5.74, 6) is -0.323. The number of hydrogen-bond acceptors (Lipinski definition) is 2. The van der Waals surface area contributed by atoms with E-state index >= 15 is 0 Å². The lowest BCUT2D eigenvalue weighted by Crippen LogP contribution is -2.51. The fraction of sp³-hybridized carbons (Fsp3) is 0.417. The molecule has 0 bridgehead atoms. The number of hydrogen-bond donors (Lipinski definition) is 1. The van der Waals surface area contributed by atoms with Crippen LogP contribution in [0.3, 0.4) is 0 Å². The Balaban J connectivity index is 2.35. The van der Waals surface area contributed by atoms with Gasteiger partial charge in [-0.15, -0.1) is 0 Å². The van der Waals surface area contributed by atoms with Gasteiger partial charge >= 0.3 is 0 Å². The van der Waals surface area contributed by atoms with Gasteiger partial charge in [0, 0.05) is 22.6 Å². The predicted molar refractivity (Wildman–Crippen MR) is 124 cm³/mol. The first kappa shape index (κ1) is 24.2. The zero-order chi connectivity index (χ0) is 22.3. The summed E-state index contributed by atoms with van der Waals surface area (Å²) in [5.41, 5.74) is 2.66. The highest BCUT2D eigenvalue weighted by Gasteiger charge is 2.30. The molecule has 2 rings (SSSR count). The summed E-state index contributed by atoms with van der Waals surface area (Å²) in [4.78, 5) is 28.0. The average molecular weight is 449 g/mol. The van der Waals surface area contributed by atoms with Crippen LogP contribution in [0, 0.1) is 6.92 Å². The molecule has 0 spiro atoms. The topological polar surface area (TPSA) is 49.4 Å². The van der Waals surface area contributed by atoms with E-state index in [1.165, 1.54) is 0 Å². The lowest BCUT2D eigenvalue weighted by Gasteiger charge is -2.32. The molecule has 30 heavy (non-hydrogen) atoms. The monoisotopic (exact) mass is 448 g/mol. The number of amides is 2. The van der Waals surface area contributed by atoms with Crippen LogP contribution in [0.2, 0.25) is 10.0 Å². The Morgan fingerprint density at radius 3 is 2.23 bits per heavy atom. The fourth-order valence-corrected chi connectivity index (χ4v) is 3.85. The van der Waals surface area contributed by atoms with Crippen LogP contribution in [0.25, 0.3) is 0 Å². The summed E-state index contributed by atoms with van der Waals surface area (Å²) in [7, 11) is 0. The molecule has 0 heterocycles. The summed E-state index contributed by atoms with van der Waals surface area (Å²) >= 11 is 12.6. The third kappa shape index (κ3) is 6.48. The molecule has 2 atom stereocenters. The van der Waals surface area contributed by atoms with E-state index in [0.717, 1.165) is 17.5 Å². The first-order chi connectivity index (χ1) is 14.3. The summed E-state index contributed by atoms with van der Waals surface area (Å²) in [6.07, 6.45) is 1.37. The number of halogens is 2. The Bertz CT molecular complexity index is 865. The number of nitrogens with zero attached hydrogens (tertiary/aromatic N) is 1. The van der Waals surface area contributed by atoms with Crippen molar-refractivity contribution in [3.63, 3.8) is 0 Å². The Labute approximate surface area is 189 Å². The second kappa shape index (κ2) is 11.4. The fourth-order valence-electron chi connectivity index (χ4n) is 3.32. The maximum absolute atomic E-state index is 13.4. The quantitative estimate of drug-likeness (QED) is 0.545. The summed E-state index contributed by atoms with van der Waals surface area (Å²) in [6.45, 7) is 8.24. The molecule has 162 valence electrons. The number of carbonyl (C=O) groups is 2. The van der Waals surface area contributed by atoms with Gasteiger partial charge in [-0.1, -0.05) is 72.9 Å². The molecule has 0 aliphatic heterocycles. The van der Waals surface area contributed by atoms with Crippen LogP contribution in [-0.4, -0.2) is 28.8 Å². The van der Waals surface area contributed by atoms with Crippen molar-refractivity contribution in [2.45, 2.75) is 65.6 Å². The lowest BCUT2D eigenvalue weighted by atomic mass is 10.0. The largest absolute Gasteiger partial charge is 0.352 e. The van der Waals surface area contributed by atoms with Gasteiger partial charge in [0.25, 0.3) is 0 Å². The molecule has 0 radical (unpaired) electrons. The third-order valence-corrected chi connectivity index (χ3v) is 5.92. The zero-order valence-electron chi connectivity index (χ0n) is 18.0. The molecule has 0 saturated carbocycles. The third-order valence-electron chi connectivity index (χ3n) is 5.21.